The summed E-state index contributed by atoms with van der Waals surface area (Å²) in [5.74, 6) is 0.993. The Morgan fingerprint density at radius 1 is 1.00 bits per heavy atom. The highest BCUT2D eigenvalue weighted by Crippen LogP contribution is 2.24. The predicted molar refractivity (Wildman–Crippen MR) is 58.5 cm³/mol. The molecule has 0 aliphatic rings. The Morgan fingerprint density at radius 3 is 1.69 bits per heavy atom. The van der Waals surface area contributed by atoms with Crippen molar-refractivity contribution in [3.63, 3.8) is 0 Å². The Kier molecular flexibility index (Phi) is 3.38. The molecule has 0 N–H and O–H groups in total. The summed E-state index contributed by atoms with van der Waals surface area (Å²) in [7, 11) is 0. The molecule has 1 heteroatoms. The first-order valence-corrected chi connectivity index (χ1v) is 5.11. The second-order valence-corrected chi connectivity index (χ2v) is 4.46. The second kappa shape index (κ2) is 4.15. The average molecular weight is 196 g/mol. The van der Waals surface area contributed by atoms with Crippen molar-refractivity contribution in [2.75, 3.05) is 0 Å². The molecular weight excluding hydrogens is 180 g/mol. The van der Waals surface area contributed by atoms with Crippen molar-refractivity contribution < 1.29 is 0 Å². The average Bonchev–Trinajstić information content (AvgIpc) is 2.03. The van der Waals surface area contributed by atoms with Crippen LogP contribution in [0.15, 0.2) is 12.1 Å². The van der Waals surface area contributed by atoms with E-state index in [2.05, 4.69) is 33.8 Å². The van der Waals surface area contributed by atoms with E-state index < -0.39 is 0 Å². The fourth-order valence-electron chi connectivity index (χ4n) is 1.20. The molecule has 1 radical (unpaired) electrons. The Balaban J connectivity index is 3.11. The number of benzene rings is 1. The van der Waals surface area contributed by atoms with E-state index >= 15 is 0 Å². The van der Waals surface area contributed by atoms with Crippen molar-refractivity contribution >= 4 is 11.6 Å². The third-order valence-electron chi connectivity index (χ3n) is 2.12. The molecule has 0 saturated carbocycles. The van der Waals surface area contributed by atoms with Gasteiger partial charge in [0.1, 0.15) is 0 Å². The molecule has 0 atom stereocenters. The van der Waals surface area contributed by atoms with Crippen molar-refractivity contribution in [1.29, 1.82) is 0 Å². The fraction of sp³-hybridized carbons (Fsp3) is 0.500. The minimum absolute atomic E-state index is 0.496. The van der Waals surface area contributed by atoms with Crippen LogP contribution >= 0.6 is 11.6 Å². The zero-order chi connectivity index (χ0) is 10.0. The van der Waals surface area contributed by atoms with Crippen molar-refractivity contribution in [1.82, 2.24) is 0 Å². The van der Waals surface area contributed by atoms with Gasteiger partial charge in [-0.2, -0.15) is 0 Å². The van der Waals surface area contributed by atoms with E-state index in [1.165, 1.54) is 11.1 Å². The van der Waals surface area contributed by atoms with Gasteiger partial charge in [-0.3, -0.25) is 0 Å². The fourth-order valence-corrected chi connectivity index (χ4v) is 1.43. The SMILES string of the molecule is CC(C)c1[c]c(C(C)C)cc(Cl)c1. The Bertz CT molecular complexity index is 261. The smallest absolute Gasteiger partial charge is 0.0412 e. The van der Waals surface area contributed by atoms with Gasteiger partial charge in [0.25, 0.3) is 0 Å². The minimum atomic E-state index is 0.496. The van der Waals surface area contributed by atoms with Crippen molar-refractivity contribution in [3.8, 4) is 0 Å². The summed E-state index contributed by atoms with van der Waals surface area (Å²) in [4.78, 5) is 0. The molecule has 0 aliphatic heterocycles. The first kappa shape index (κ1) is 10.6. The Hall–Kier alpha value is -0.490. The monoisotopic (exact) mass is 195 g/mol. The highest BCUT2D eigenvalue weighted by Gasteiger charge is 2.06. The highest BCUT2D eigenvalue weighted by molar-refractivity contribution is 6.30. The largest absolute Gasteiger partial charge is 0.0843 e. The molecule has 0 saturated heterocycles. The summed E-state index contributed by atoms with van der Waals surface area (Å²) in [6, 6.07) is 7.40. The minimum Gasteiger partial charge on any atom is -0.0843 e. The number of halogens is 1. The Morgan fingerprint density at radius 2 is 1.38 bits per heavy atom. The van der Waals surface area contributed by atoms with Gasteiger partial charge in [0.15, 0.2) is 0 Å². The molecule has 0 spiro atoms. The zero-order valence-corrected chi connectivity index (χ0v) is 9.44. The van der Waals surface area contributed by atoms with E-state index in [-0.39, 0.29) is 0 Å². The summed E-state index contributed by atoms with van der Waals surface area (Å²) < 4.78 is 0. The van der Waals surface area contributed by atoms with Gasteiger partial charge in [0.2, 0.25) is 0 Å². The van der Waals surface area contributed by atoms with Crippen LogP contribution in [0.5, 0.6) is 0 Å². The molecule has 1 aromatic rings. The second-order valence-electron chi connectivity index (χ2n) is 4.02. The lowest BCUT2D eigenvalue weighted by atomic mass is 9.96. The van der Waals surface area contributed by atoms with Crippen LogP contribution < -0.4 is 0 Å². The van der Waals surface area contributed by atoms with Gasteiger partial charge in [-0.25, -0.2) is 0 Å². The predicted octanol–water partition coefficient (Wildman–Crippen LogP) is 4.39. The van der Waals surface area contributed by atoms with E-state index in [0.29, 0.717) is 11.8 Å². The number of hydrogen-bond donors (Lipinski definition) is 0. The van der Waals surface area contributed by atoms with Gasteiger partial charge in [0.05, 0.1) is 0 Å². The van der Waals surface area contributed by atoms with E-state index in [1.54, 1.807) is 0 Å². The van der Waals surface area contributed by atoms with Crippen LogP contribution in [0.1, 0.15) is 50.7 Å². The van der Waals surface area contributed by atoms with Crippen molar-refractivity contribution in [2.24, 2.45) is 0 Å². The molecule has 1 aromatic carbocycles. The van der Waals surface area contributed by atoms with Gasteiger partial charge in [-0.1, -0.05) is 39.3 Å². The third-order valence-corrected chi connectivity index (χ3v) is 2.34. The number of hydrogen-bond acceptors (Lipinski definition) is 0. The zero-order valence-electron chi connectivity index (χ0n) is 8.69. The molecule has 71 valence electrons. The molecular formula is C12H16Cl. The first-order chi connectivity index (χ1) is 6.00. The Labute approximate surface area is 85.9 Å². The van der Waals surface area contributed by atoms with E-state index in [0.717, 1.165) is 5.02 Å². The lowest BCUT2D eigenvalue weighted by molar-refractivity contribution is 0.830. The molecule has 0 fully saturated rings. The summed E-state index contributed by atoms with van der Waals surface area (Å²) in [6.45, 7) is 8.64. The molecule has 0 nitrogen and oxygen atoms in total. The summed E-state index contributed by atoms with van der Waals surface area (Å²) in [5.41, 5.74) is 2.41. The lowest BCUT2D eigenvalue weighted by Crippen LogP contribution is -1.93. The van der Waals surface area contributed by atoms with Gasteiger partial charge in [-0.15, -0.1) is 0 Å². The molecule has 0 aliphatic carbocycles. The highest BCUT2D eigenvalue weighted by atomic mass is 35.5. The van der Waals surface area contributed by atoms with Gasteiger partial charge >= 0.3 is 0 Å². The molecule has 1 rings (SSSR count). The third kappa shape index (κ3) is 2.73. The molecule has 0 aromatic heterocycles. The van der Waals surface area contributed by atoms with Gasteiger partial charge < -0.3 is 0 Å². The van der Waals surface area contributed by atoms with Gasteiger partial charge in [0, 0.05) is 5.02 Å². The summed E-state index contributed by atoms with van der Waals surface area (Å²) in [5, 5.41) is 0.825. The molecule has 0 heterocycles. The van der Waals surface area contributed by atoms with Crippen LogP contribution in [-0.4, -0.2) is 0 Å². The van der Waals surface area contributed by atoms with Crippen molar-refractivity contribution in [3.05, 3.63) is 34.3 Å². The first-order valence-electron chi connectivity index (χ1n) is 4.73. The summed E-state index contributed by atoms with van der Waals surface area (Å²) >= 11 is 6.02. The van der Waals surface area contributed by atoms with Crippen LogP contribution in [-0.2, 0) is 0 Å². The normalized spacial score (nSPS) is 11.3. The van der Waals surface area contributed by atoms with Crippen LogP contribution in [0.3, 0.4) is 0 Å². The maximum absolute atomic E-state index is 6.02. The maximum atomic E-state index is 6.02. The van der Waals surface area contributed by atoms with Crippen LogP contribution in [0.2, 0.25) is 5.02 Å². The summed E-state index contributed by atoms with van der Waals surface area (Å²) in [6.07, 6.45) is 0. The molecule has 0 unspecified atom stereocenters. The van der Waals surface area contributed by atoms with E-state index in [9.17, 15) is 0 Å². The maximum Gasteiger partial charge on any atom is 0.0412 e. The van der Waals surface area contributed by atoms with Gasteiger partial charge in [-0.05, 0) is 41.2 Å². The van der Waals surface area contributed by atoms with Crippen molar-refractivity contribution in [2.45, 2.75) is 39.5 Å². The molecule has 13 heavy (non-hydrogen) atoms. The van der Waals surface area contributed by atoms with E-state index in [4.69, 9.17) is 11.6 Å². The molecule has 0 amide bonds. The van der Waals surface area contributed by atoms with Crippen LogP contribution in [0.4, 0.5) is 0 Å². The van der Waals surface area contributed by atoms with Crippen LogP contribution in [0.25, 0.3) is 0 Å². The number of rotatable bonds is 2. The van der Waals surface area contributed by atoms with Crippen LogP contribution in [0, 0.1) is 6.07 Å². The standard InChI is InChI=1S/C12H16Cl/c1-8(2)10-5-11(9(3)4)7-12(13)6-10/h6-9H,1-4H3. The lowest BCUT2D eigenvalue weighted by Gasteiger charge is -2.10. The quantitative estimate of drug-likeness (QED) is 0.657. The topological polar surface area (TPSA) is 0 Å². The van der Waals surface area contributed by atoms with E-state index in [1.807, 2.05) is 12.1 Å². The molecule has 0 bridgehead atoms.